The SMILES string of the molecule is Cc1ccc(N(CC(=O)NCc2ccc3c(c2)OCO3)C(C)C)cc1. The van der Waals surface area contributed by atoms with Crippen LogP contribution in [0.4, 0.5) is 5.69 Å². The maximum absolute atomic E-state index is 12.4. The van der Waals surface area contributed by atoms with Crippen LogP contribution in [0.15, 0.2) is 42.5 Å². The van der Waals surface area contributed by atoms with Gasteiger partial charge in [0.25, 0.3) is 0 Å². The van der Waals surface area contributed by atoms with Gasteiger partial charge in [0.05, 0.1) is 6.54 Å². The molecule has 0 bridgehead atoms. The Kier molecular flexibility index (Phi) is 5.12. The van der Waals surface area contributed by atoms with E-state index < -0.39 is 0 Å². The van der Waals surface area contributed by atoms with Gasteiger partial charge in [-0.05, 0) is 50.6 Å². The lowest BCUT2D eigenvalue weighted by atomic mass is 10.2. The first-order valence-corrected chi connectivity index (χ1v) is 8.51. The summed E-state index contributed by atoms with van der Waals surface area (Å²) in [6.45, 7) is 7.28. The molecule has 1 aliphatic heterocycles. The van der Waals surface area contributed by atoms with Crippen LogP contribution in [-0.2, 0) is 11.3 Å². The normalized spacial score (nSPS) is 12.3. The van der Waals surface area contributed by atoms with E-state index >= 15 is 0 Å². The van der Waals surface area contributed by atoms with Crippen LogP contribution in [0.3, 0.4) is 0 Å². The summed E-state index contributed by atoms with van der Waals surface area (Å²) in [5.74, 6) is 1.47. The first kappa shape index (κ1) is 17.1. The van der Waals surface area contributed by atoms with Gasteiger partial charge in [0.2, 0.25) is 12.7 Å². The number of carbonyl (C=O) groups excluding carboxylic acids is 1. The highest BCUT2D eigenvalue weighted by molar-refractivity contribution is 5.81. The van der Waals surface area contributed by atoms with Crippen molar-refractivity contribution in [2.45, 2.75) is 33.4 Å². The molecule has 2 aromatic carbocycles. The molecule has 5 nitrogen and oxygen atoms in total. The van der Waals surface area contributed by atoms with Crippen LogP contribution in [0.25, 0.3) is 0 Å². The Morgan fingerprint density at radius 3 is 2.56 bits per heavy atom. The van der Waals surface area contributed by atoms with E-state index in [1.807, 2.05) is 18.2 Å². The molecule has 0 radical (unpaired) electrons. The fraction of sp³-hybridized carbons (Fsp3) is 0.350. The second kappa shape index (κ2) is 7.47. The summed E-state index contributed by atoms with van der Waals surface area (Å²) in [6.07, 6.45) is 0. The molecule has 1 N–H and O–H groups in total. The highest BCUT2D eigenvalue weighted by atomic mass is 16.7. The molecule has 5 heteroatoms. The third kappa shape index (κ3) is 4.24. The minimum atomic E-state index is -0.00746. The Labute approximate surface area is 148 Å². The number of anilines is 1. The molecule has 0 unspecified atom stereocenters. The molecule has 0 fully saturated rings. The molecule has 25 heavy (non-hydrogen) atoms. The predicted molar refractivity (Wildman–Crippen MR) is 98.1 cm³/mol. The second-order valence-corrected chi connectivity index (χ2v) is 6.52. The van der Waals surface area contributed by atoms with Crippen LogP contribution in [0.1, 0.15) is 25.0 Å². The molecule has 0 saturated heterocycles. The summed E-state index contributed by atoms with van der Waals surface area (Å²) in [5, 5.41) is 2.98. The van der Waals surface area contributed by atoms with Crippen LogP contribution < -0.4 is 19.7 Å². The van der Waals surface area contributed by atoms with Crippen molar-refractivity contribution in [2.75, 3.05) is 18.2 Å². The molecule has 0 aromatic heterocycles. The van der Waals surface area contributed by atoms with Gasteiger partial charge in [-0.25, -0.2) is 0 Å². The summed E-state index contributed by atoms with van der Waals surface area (Å²) in [7, 11) is 0. The van der Waals surface area contributed by atoms with Crippen LogP contribution in [-0.4, -0.2) is 25.3 Å². The van der Waals surface area contributed by atoms with E-state index in [1.54, 1.807) is 0 Å². The zero-order valence-corrected chi connectivity index (χ0v) is 14.9. The quantitative estimate of drug-likeness (QED) is 0.877. The number of carbonyl (C=O) groups is 1. The van der Waals surface area contributed by atoms with Crippen LogP contribution in [0.2, 0.25) is 0 Å². The molecule has 0 spiro atoms. The molecular weight excluding hydrogens is 316 g/mol. The van der Waals surface area contributed by atoms with Crippen molar-refractivity contribution in [3.63, 3.8) is 0 Å². The zero-order chi connectivity index (χ0) is 17.8. The van der Waals surface area contributed by atoms with Crippen LogP contribution in [0, 0.1) is 6.92 Å². The summed E-state index contributed by atoms with van der Waals surface area (Å²) in [4.78, 5) is 14.5. The Morgan fingerprint density at radius 2 is 1.84 bits per heavy atom. The van der Waals surface area contributed by atoms with Crippen LogP contribution >= 0.6 is 0 Å². The number of ether oxygens (including phenoxy) is 2. The van der Waals surface area contributed by atoms with Gasteiger partial charge in [-0.15, -0.1) is 0 Å². The second-order valence-electron chi connectivity index (χ2n) is 6.52. The fourth-order valence-electron chi connectivity index (χ4n) is 2.77. The molecule has 0 saturated carbocycles. The number of rotatable bonds is 6. The van der Waals surface area contributed by atoms with E-state index in [1.165, 1.54) is 5.56 Å². The van der Waals surface area contributed by atoms with Gasteiger partial charge in [-0.1, -0.05) is 23.8 Å². The predicted octanol–water partition coefficient (Wildman–Crippen LogP) is 3.25. The summed E-state index contributed by atoms with van der Waals surface area (Å²) in [5.41, 5.74) is 3.25. The van der Waals surface area contributed by atoms with Gasteiger partial charge in [0.1, 0.15) is 0 Å². The lowest BCUT2D eigenvalue weighted by Gasteiger charge is -2.28. The molecule has 2 aromatic rings. The number of aryl methyl sites for hydroxylation is 1. The van der Waals surface area contributed by atoms with Crippen molar-refractivity contribution >= 4 is 11.6 Å². The van der Waals surface area contributed by atoms with E-state index in [9.17, 15) is 4.79 Å². The van der Waals surface area contributed by atoms with Gasteiger partial charge in [0.15, 0.2) is 11.5 Å². The van der Waals surface area contributed by atoms with Crippen molar-refractivity contribution < 1.29 is 14.3 Å². The number of hydrogen-bond acceptors (Lipinski definition) is 4. The molecule has 0 atom stereocenters. The number of benzene rings is 2. The summed E-state index contributed by atoms with van der Waals surface area (Å²) < 4.78 is 10.7. The van der Waals surface area contributed by atoms with Gasteiger partial charge in [0, 0.05) is 18.3 Å². The van der Waals surface area contributed by atoms with Gasteiger partial charge in [-0.3, -0.25) is 4.79 Å². The molecule has 1 aliphatic rings. The molecule has 0 aliphatic carbocycles. The number of nitrogens with one attached hydrogen (secondary N) is 1. The Bertz CT molecular complexity index is 741. The third-order valence-electron chi connectivity index (χ3n) is 4.23. The third-order valence-corrected chi connectivity index (χ3v) is 4.23. The van der Waals surface area contributed by atoms with E-state index in [2.05, 4.69) is 55.3 Å². The standard InChI is InChI=1S/C20H24N2O3/c1-14(2)22(17-7-4-15(3)5-8-17)12-20(23)21-11-16-6-9-18-19(10-16)25-13-24-18/h4-10,14H,11-13H2,1-3H3,(H,21,23). The van der Waals surface area contributed by atoms with Gasteiger partial charge < -0.3 is 19.7 Å². The van der Waals surface area contributed by atoms with Crippen molar-refractivity contribution in [1.29, 1.82) is 0 Å². The largest absolute Gasteiger partial charge is 0.454 e. The van der Waals surface area contributed by atoms with E-state index in [0.717, 1.165) is 22.7 Å². The molecular formula is C20H24N2O3. The smallest absolute Gasteiger partial charge is 0.239 e. The topological polar surface area (TPSA) is 50.8 Å². The molecule has 1 amide bonds. The lowest BCUT2D eigenvalue weighted by Crippen LogP contribution is -2.40. The van der Waals surface area contributed by atoms with Crippen molar-refractivity contribution in [1.82, 2.24) is 5.32 Å². The zero-order valence-electron chi connectivity index (χ0n) is 14.9. The van der Waals surface area contributed by atoms with E-state index in [0.29, 0.717) is 13.1 Å². The summed E-state index contributed by atoms with van der Waals surface area (Å²) >= 11 is 0. The number of amides is 1. The van der Waals surface area contributed by atoms with Gasteiger partial charge >= 0.3 is 0 Å². The van der Waals surface area contributed by atoms with Crippen LogP contribution in [0.5, 0.6) is 11.5 Å². The molecule has 1 heterocycles. The van der Waals surface area contributed by atoms with Crippen molar-refractivity contribution in [3.05, 3.63) is 53.6 Å². The maximum Gasteiger partial charge on any atom is 0.239 e. The first-order valence-electron chi connectivity index (χ1n) is 8.51. The average Bonchev–Trinajstić information content (AvgIpc) is 3.06. The Hall–Kier alpha value is -2.69. The lowest BCUT2D eigenvalue weighted by molar-refractivity contribution is -0.120. The summed E-state index contributed by atoms with van der Waals surface area (Å²) in [6, 6.07) is 14.2. The Morgan fingerprint density at radius 1 is 1.12 bits per heavy atom. The maximum atomic E-state index is 12.4. The van der Waals surface area contributed by atoms with Gasteiger partial charge in [-0.2, -0.15) is 0 Å². The monoisotopic (exact) mass is 340 g/mol. The number of hydrogen-bond donors (Lipinski definition) is 1. The highest BCUT2D eigenvalue weighted by Crippen LogP contribution is 2.32. The highest BCUT2D eigenvalue weighted by Gasteiger charge is 2.16. The Balaban J connectivity index is 1.59. The number of nitrogens with zero attached hydrogens (tertiary/aromatic N) is 1. The first-order chi connectivity index (χ1) is 12.0. The minimum absolute atomic E-state index is 0.00746. The molecule has 132 valence electrons. The average molecular weight is 340 g/mol. The molecule has 3 rings (SSSR count). The number of fused-ring (bicyclic) bond motifs is 1. The van der Waals surface area contributed by atoms with E-state index in [-0.39, 0.29) is 18.7 Å². The minimum Gasteiger partial charge on any atom is -0.454 e. The van der Waals surface area contributed by atoms with Crippen molar-refractivity contribution in [3.8, 4) is 11.5 Å². The van der Waals surface area contributed by atoms with E-state index in [4.69, 9.17) is 9.47 Å². The fourth-order valence-corrected chi connectivity index (χ4v) is 2.77. The van der Waals surface area contributed by atoms with Crippen molar-refractivity contribution in [2.24, 2.45) is 0 Å².